The van der Waals surface area contributed by atoms with Crippen molar-refractivity contribution in [1.82, 2.24) is 19.8 Å². The van der Waals surface area contributed by atoms with E-state index in [1.165, 1.54) is 4.90 Å². The molecule has 108 valence electrons. The molecule has 1 aromatic rings. The fourth-order valence-electron chi connectivity index (χ4n) is 2.31. The zero-order chi connectivity index (χ0) is 14.4. The predicted molar refractivity (Wildman–Crippen MR) is 76.4 cm³/mol. The van der Waals surface area contributed by atoms with Crippen molar-refractivity contribution < 1.29 is 9.59 Å². The summed E-state index contributed by atoms with van der Waals surface area (Å²) in [5.41, 5.74) is 0.269. The molecule has 0 aromatic carbocycles. The van der Waals surface area contributed by atoms with E-state index in [4.69, 9.17) is 0 Å². The summed E-state index contributed by atoms with van der Waals surface area (Å²) in [6.07, 6.45) is 5.96. The average molecular weight is 294 g/mol. The van der Waals surface area contributed by atoms with Crippen LogP contribution in [0.1, 0.15) is 36.2 Å². The second-order valence-corrected chi connectivity index (χ2v) is 5.42. The van der Waals surface area contributed by atoms with E-state index >= 15 is 0 Å². The third-order valence-electron chi connectivity index (χ3n) is 3.27. The highest BCUT2D eigenvalue weighted by Gasteiger charge is 2.22. The highest BCUT2D eigenvalue weighted by Crippen LogP contribution is 2.17. The number of amides is 2. The summed E-state index contributed by atoms with van der Waals surface area (Å²) in [7, 11) is 0. The maximum atomic E-state index is 12.2. The minimum absolute atomic E-state index is 0.0267. The molecule has 0 atom stereocenters. The van der Waals surface area contributed by atoms with Gasteiger partial charge in [-0.25, -0.2) is 0 Å². The van der Waals surface area contributed by atoms with E-state index in [0.29, 0.717) is 6.54 Å². The van der Waals surface area contributed by atoms with Crippen LogP contribution in [-0.2, 0) is 4.79 Å². The van der Waals surface area contributed by atoms with Gasteiger partial charge in [-0.05, 0) is 24.4 Å². The quantitative estimate of drug-likeness (QED) is 0.801. The van der Waals surface area contributed by atoms with Crippen LogP contribution in [0.2, 0.25) is 0 Å². The number of nitrogens with zero attached hydrogens (tertiary/aromatic N) is 3. The summed E-state index contributed by atoms with van der Waals surface area (Å²) in [6.45, 7) is 3.96. The average Bonchev–Trinajstić information content (AvgIpc) is 3.10. The van der Waals surface area contributed by atoms with Crippen LogP contribution in [0.15, 0.2) is 18.0 Å². The zero-order valence-corrected chi connectivity index (χ0v) is 12.1. The van der Waals surface area contributed by atoms with Crippen LogP contribution in [0, 0.1) is 0 Å². The van der Waals surface area contributed by atoms with Gasteiger partial charge in [-0.15, -0.1) is 11.7 Å². The number of carbonyl (C=O) groups is 2. The highest BCUT2D eigenvalue weighted by molar-refractivity contribution is 7.03. The normalized spacial score (nSPS) is 15.0. The number of hydrogen-bond donors (Lipinski definition) is 1. The molecule has 0 spiro atoms. The van der Waals surface area contributed by atoms with Gasteiger partial charge >= 0.3 is 0 Å². The summed E-state index contributed by atoms with van der Waals surface area (Å²) in [6, 6.07) is 0.254. The smallest absolute Gasteiger partial charge is 0.276 e. The Labute approximate surface area is 122 Å². The highest BCUT2D eigenvalue weighted by atomic mass is 32.1. The Morgan fingerprint density at radius 3 is 2.85 bits per heavy atom. The summed E-state index contributed by atoms with van der Waals surface area (Å²) < 4.78 is 3.67. The number of aromatic nitrogens is 2. The van der Waals surface area contributed by atoms with Crippen LogP contribution in [0.25, 0.3) is 0 Å². The second kappa shape index (κ2) is 7.14. The summed E-state index contributed by atoms with van der Waals surface area (Å²) >= 11 is 1.11. The molecular formula is C13H18N4O2S. The van der Waals surface area contributed by atoms with E-state index in [1.807, 2.05) is 0 Å². The third kappa shape index (κ3) is 3.86. The van der Waals surface area contributed by atoms with Crippen molar-refractivity contribution >= 4 is 23.3 Å². The van der Waals surface area contributed by atoms with Gasteiger partial charge < -0.3 is 10.2 Å². The van der Waals surface area contributed by atoms with Gasteiger partial charge in [0.15, 0.2) is 5.69 Å². The Kier molecular flexibility index (Phi) is 5.23. The Bertz CT molecular complexity index is 469. The molecule has 1 aliphatic carbocycles. The summed E-state index contributed by atoms with van der Waals surface area (Å²) in [4.78, 5) is 25.6. The largest absolute Gasteiger partial charge is 0.352 e. The Balaban J connectivity index is 1.92. The molecule has 1 fully saturated rings. The van der Waals surface area contributed by atoms with Gasteiger partial charge in [0.2, 0.25) is 5.91 Å². The van der Waals surface area contributed by atoms with E-state index in [2.05, 4.69) is 21.5 Å². The summed E-state index contributed by atoms with van der Waals surface area (Å²) in [5, 5.41) is 8.29. The lowest BCUT2D eigenvalue weighted by Gasteiger charge is -2.21. The van der Waals surface area contributed by atoms with Crippen molar-refractivity contribution in [3.05, 3.63) is 23.7 Å². The molecule has 7 heteroatoms. The van der Waals surface area contributed by atoms with Crippen LogP contribution in [0.3, 0.4) is 0 Å². The number of nitrogens with one attached hydrogen (secondary N) is 1. The van der Waals surface area contributed by atoms with E-state index in [0.717, 1.165) is 37.2 Å². The zero-order valence-electron chi connectivity index (χ0n) is 11.2. The van der Waals surface area contributed by atoms with Crippen LogP contribution in [0.4, 0.5) is 0 Å². The minimum atomic E-state index is -0.291. The van der Waals surface area contributed by atoms with Gasteiger partial charge in [0, 0.05) is 18.0 Å². The van der Waals surface area contributed by atoms with E-state index < -0.39 is 0 Å². The number of hydrogen-bond acceptors (Lipinski definition) is 5. The maximum Gasteiger partial charge on any atom is 0.276 e. The Morgan fingerprint density at radius 2 is 2.25 bits per heavy atom. The van der Waals surface area contributed by atoms with Gasteiger partial charge in [0.1, 0.15) is 6.54 Å². The molecule has 2 rings (SSSR count). The predicted octanol–water partition coefficient (Wildman–Crippen LogP) is 1.23. The van der Waals surface area contributed by atoms with Crippen molar-refractivity contribution in [3.63, 3.8) is 0 Å². The number of carbonyl (C=O) groups excluding carboxylic acids is 2. The van der Waals surface area contributed by atoms with Crippen LogP contribution in [-0.4, -0.2) is 45.4 Å². The van der Waals surface area contributed by atoms with E-state index in [9.17, 15) is 9.59 Å². The van der Waals surface area contributed by atoms with Crippen LogP contribution in [0.5, 0.6) is 0 Å². The molecule has 0 radical (unpaired) electrons. The molecule has 6 nitrogen and oxygen atoms in total. The maximum absolute atomic E-state index is 12.2. The monoisotopic (exact) mass is 294 g/mol. The molecule has 0 unspecified atom stereocenters. The first-order valence-electron chi connectivity index (χ1n) is 6.67. The van der Waals surface area contributed by atoms with E-state index in [-0.39, 0.29) is 30.1 Å². The molecule has 0 saturated heterocycles. The first-order chi connectivity index (χ1) is 9.70. The molecule has 1 saturated carbocycles. The molecule has 1 aromatic heterocycles. The van der Waals surface area contributed by atoms with Crippen molar-refractivity contribution in [1.29, 1.82) is 0 Å². The topological polar surface area (TPSA) is 75.2 Å². The second-order valence-electron chi connectivity index (χ2n) is 4.81. The SMILES string of the molecule is C=CCN(CC(=O)NC1CCCC1)C(=O)c1csnn1. The van der Waals surface area contributed by atoms with Gasteiger partial charge in [-0.1, -0.05) is 23.4 Å². The first kappa shape index (κ1) is 14.6. The van der Waals surface area contributed by atoms with Gasteiger partial charge in [0.25, 0.3) is 5.91 Å². The molecule has 1 aliphatic rings. The lowest BCUT2D eigenvalue weighted by molar-refractivity contribution is -0.122. The fraction of sp³-hybridized carbons (Fsp3) is 0.538. The first-order valence-corrected chi connectivity index (χ1v) is 7.51. The fourth-order valence-corrected chi connectivity index (χ4v) is 2.74. The van der Waals surface area contributed by atoms with Crippen molar-refractivity contribution in [2.24, 2.45) is 0 Å². The van der Waals surface area contributed by atoms with Crippen LogP contribution >= 0.6 is 11.5 Å². The summed E-state index contributed by atoms with van der Waals surface area (Å²) in [5.74, 6) is -0.421. The van der Waals surface area contributed by atoms with E-state index in [1.54, 1.807) is 11.5 Å². The van der Waals surface area contributed by atoms with Crippen molar-refractivity contribution in [2.45, 2.75) is 31.7 Å². The standard InChI is InChI=1S/C13H18N4O2S/c1-2-7-17(13(19)11-9-20-16-15-11)8-12(18)14-10-5-3-4-6-10/h2,9-10H,1,3-8H2,(H,14,18). The molecule has 2 amide bonds. The lowest BCUT2D eigenvalue weighted by Crippen LogP contribution is -2.43. The molecular weight excluding hydrogens is 276 g/mol. The Hall–Kier alpha value is -1.76. The van der Waals surface area contributed by atoms with Crippen molar-refractivity contribution in [3.8, 4) is 0 Å². The lowest BCUT2D eigenvalue weighted by atomic mass is 10.2. The van der Waals surface area contributed by atoms with Gasteiger partial charge in [0.05, 0.1) is 0 Å². The number of rotatable bonds is 6. The molecule has 0 bridgehead atoms. The molecule has 1 N–H and O–H groups in total. The molecule has 1 heterocycles. The van der Waals surface area contributed by atoms with Crippen molar-refractivity contribution in [2.75, 3.05) is 13.1 Å². The third-order valence-corrected chi connectivity index (χ3v) is 3.78. The molecule has 20 heavy (non-hydrogen) atoms. The minimum Gasteiger partial charge on any atom is -0.352 e. The Morgan fingerprint density at radius 1 is 1.50 bits per heavy atom. The van der Waals surface area contributed by atoms with Gasteiger partial charge in [-0.2, -0.15) is 0 Å². The molecule has 0 aliphatic heterocycles. The van der Waals surface area contributed by atoms with Gasteiger partial charge in [-0.3, -0.25) is 9.59 Å². The van der Waals surface area contributed by atoms with Crippen LogP contribution < -0.4 is 5.32 Å².